The second-order valence-corrected chi connectivity index (χ2v) is 3.27. The fraction of sp³-hybridized carbons (Fsp3) is 0.200. The predicted octanol–water partition coefficient (Wildman–Crippen LogP) is 1.07. The lowest BCUT2D eigenvalue weighted by Gasteiger charge is -2.08. The molecule has 0 spiro atoms. The molecule has 0 saturated heterocycles. The lowest BCUT2D eigenvalue weighted by Crippen LogP contribution is -2.15. The molecule has 0 unspecified atom stereocenters. The van der Waals surface area contributed by atoms with Crippen LogP contribution in [-0.2, 0) is 0 Å². The first-order chi connectivity index (χ1) is 7.18. The molecule has 1 aliphatic carbocycles. The molecular weight excluding hydrogens is 196 g/mol. The van der Waals surface area contributed by atoms with E-state index < -0.39 is 5.97 Å². The Kier molecular flexibility index (Phi) is 2.29. The highest BCUT2D eigenvalue weighted by molar-refractivity contribution is 5.85. The van der Waals surface area contributed by atoms with Crippen LogP contribution >= 0.6 is 0 Å². The number of nitrogens with one attached hydrogen (secondary N) is 1. The Labute approximate surface area is 85.3 Å². The van der Waals surface area contributed by atoms with Gasteiger partial charge in [0.05, 0.1) is 0 Å². The fourth-order valence-electron chi connectivity index (χ4n) is 1.49. The van der Waals surface area contributed by atoms with E-state index >= 15 is 0 Å². The van der Waals surface area contributed by atoms with Gasteiger partial charge in [0.2, 0.25) is 0 Å². The van der Waals surface area contributed by atoms with E-state index in [1.165, 1.54) is 4.68 Å². The normalized spacial score (nSPS) is 15.1. The third kappa shape index (κ3) is 1.76. The standard InChI is InChI=1S/C10H10N2O3/c13-9-6-8(10(14)15)11-12(9)7-4-2-1-3-5-7/h1-2,4,6,11H,3,5H2,(H,14,15). The molecular formula is C10H10N2O3. The van der Waals surface area contributed by atoms with Gasteiger partial charge in [0.25, 0.3) is 5.56 Å². The molecule has 1 aromatic rings. The smallest absolute Gasteiger partial charge is 0.353 e. The van der Waals surface area contributed by atoms with Crippen LogP contribution in [0.15, 0.2) is 29.1 Å². The van der Waals surface area contributed by atoms with Gasteiger partial charge < -0.3 is 5.11 Å². The maximum atomic E-state index is 11.4. The summed E-state index contributed by atoms with van der Waals surface area (Å²) in [4.78, 5) is 22.1. The van der Waals surface area contributed by atoms with Crippen molar-refractivity contribution in [1.29, 1.82) is 0 Å². The summed E-state index contributed by atoms with van der Waals surface area (Å²) in [6, 6.07) is 1.08. The summed E-state index contributed by atoms with van der Waals surface area (Å²) in [5.41, 5.74) is 0.361. The van der Waals surface area contributed by atoms with Gasteiger partial charge in [-0.25, -0.2) is 9.48 Å². The van der Waals surface area contributed by atoms with Crippen molar-refractivity contribution in [2.45, 2.75) is 12.8 Å². The number of H-pyrrole nitrogens is 1. The number of nitrogens with zero attached hydrogens (tertiary/aromatic N) is 1. The van der Waals surface area contributed by atoms with Crippen molar-refractivity contribution >= 4 is 11.7 Å². The summed E-state index contributed by atoms with van der Waals surface area (Å²) < 4.78 is 1.27. The van der Waals surface area contributed by atoms with Gasteiger partial charge >= 0.3 is 5.97 Å². The average Bonchev–Trinajstić information content (AvgIpc) is 2.62. The Bertz CT molecular complexity index is 505. The fourth-order valence-corrected chi connectivity index (χ4v) is 1.49. The minimum atomic E-state index is -1.13. The van der Waals surface area contributed by atoms with E-state index in [0.717, 1.165) is 24.6 Å². The molecule has 1 aliphatic rings. The third-order valence-corrected chi connectivity index (χ3v) is 2.23. The van der Waals surface area contributed by atoms with Gasteiger partial charge in [-0.15, -0.1) is 0 Å². The Balaban J connectivity index is 2.44. The van der Waals surface area contributed by atoms with Gasteiger partial charge in [0.1, 0.15) is 5.69 Å². The van der Waals surface area contributed by atoms with Crippen molar-refractivity contribution < 1.29 is 9.90 Å². The Morgan fingerprint density at radius 2 is 2.33 bits per heavy atom. The highest BCUT2D eigenvalue weighted by atomic mass is 16.4. The van der Waals surface area contributed by atoms with E-state index in [1.54, 1.807) is 6.08 Å². The molecule has 2 N–H and O–H groups in total. The summed E-state index contributed by atoms with van der Waals surface area (Å²) in [7, 11) is 0. The first-order valence-corrected chi connectivity index (χ1v) is 4.60. The second kappa shape index (κ2) is 3.61. The zero-order chi connectivity index (χ0) is 10.8. The van der Waals surface area contributed by atoms with Crippen LogP contribution in [0.3, 0.4) is 0 Å². The van der Waals surface area contributed by atoms with Gasteiger partial charge in [0.15, 0.2) is 0 Å². The van der Waals surface area contributed by atoms with Crippen molar-refractivity contribution in [1.82, 2.24) is 9.78 Å². The summed E-state index contributed by atoms with van der Waals surface area (Å²) in [5.74, 6) is -1.13. The van der Waals surface area contributed by atoms with Gasteiger partial charge in [-0.2, -0.15) is 0 Å². The van der Waals surface area contributed by atoms with Crippen LogP contribution in [0.2, 0.25) is 0 Å². The maximum Gasteiger partial charge on any atom is 0.353 e. The minimum absolute atomic E-state index is 0.0875. The summed E-state index contributed by atoms with van der Waals surface area (Å²) in [6.45, 7) is 0. The monoisotopic (exact) mass is 206 g/mol. The molecule has 0 bridgehead atoms. The van der Waals surface area contributed by atoms with Crippen LogP contribution in [0, 0.1) is 0 Å². The Hall–Kier alpha value is -2.04. The largest absolute Gasteiger partial charge is 0.477 e. The second-order valence-electron chi connectivity index (χ2n) is 3.27. The number of hydrogen-bond acceptors (Lipinski definition) is 2. The van der Waals surface area contributed by atoms with E-state index in [4.69, 9.17) is 5.11 Å². The number of aromatic amines is 1. The van der Waals surface area contributed by atoms with Crippen molar-refractivity contribution in [2.24, 2.45) is 0 Å². The van der Waals surface area contributed by atoms with E-state index in [9.17, 15) is 9.59 Å². The molecule has 0 radical (unpaired) electrons. The SMILES string of the molecule is O=C(O)c1cc(=O)n(C2=CC=CCC2)[nH]1. The van der Waals surface area contributed by atoms with Crippen LogP contribution in [0.5, 0.6) is 0 Å². The van der Waals surface area contributed by atoms with Crippen LogP contribution in [-0.4, -0.2) is 20.9 Å². The van der Waals surface area contributed by atoms with Crippen molar-refractivity contribution in [2.75, 3.05) is 0 Å². The van der Waals surface area contributed by atoms with Gasteiger partial charge in [-0.1, -0.05) is 12.2 Å². The number of carboxylic acid groups (broad SMARTS) is 1. The zero-order valence-electron chi connectivity index (χ0n) is 7.93. The number of rotatable bonds is 2. The van der Waals surface area contributed by atoms with E-state index in [1.807, 2.05) is 12.2 Å². The van der Waals surface area contributed by atoms with E-state index in [2.05, 4.69) is 5.10 Å². The van der Waals surface area contributed by atoms with Crippen molar-refractivity contribution in [3.05, 3.63) is 40.3 Å². The van der Waals surface area contributed by atoms with Crippen LogP contribution in [0.4, 0.5) is 0 Å². The summed E-state index contributed by atoms with van der Waals surface area (Å²) in [5, 5.41) is 11.3. The van der Waals surface area contributed by atoms with Gasteiger partial charge in [-0.3, -0.25) is 9.89 Å². The first kappa shape index (κ1) is 9.51. The molecule has 78 valence electrons. The molecule has 1 aromatic heterocycles. The lowest BCUT2D eigenvalue weighted by molar-refractivity contribution is 0.0690. The predicted molar refractivity (Wildman–Crippen MR) is 54.7 cm³/mol. The molecule has 0 aliphatic heterocycles. The van der Waals surface area contributed by atoms with Crippen LogP contribution in [0.25, 0.3) is 5.70 Å². The van der Waals surface area contributed by atoms with Gasteiger partial charge in [-0.05, 0) is 18.9 Å². The average molecular weight is 206 g/mol. The number of carboxylic acids is 1. The van der Waals surface area contributed by atoms with E-state index in [0.29, 0.717) is 0 Å². The lowest BCUT2D eigenvalue weighted by atomic mass is 10.1. The number of aromatic carboxylic acids is 1. The zero-order valence-corrected chi connectivity index (χ0v) is 7.93. The quantitative estimate of drug-likeness (QED) is 0.759. The molecule has 5 heteroatoms. The number of carbonyl (C=O) groups is 1. The number of allylic oxidation sites excluding steroid dienone is 4. The first-order valence-electron chi connectivity index (χ1n) is 4.60. The molecule has 1 heterocycles. The van der Waals surface area contributed by atoms with Crippen LogP contribution < -0.4 is 5.56 Å². The molecule has 2 rings (SSSR count). The van der Waals surface area contributed by atoms with Gasteiger partial charge in [0, 0.05) is 11.8 Å². The highest BCUT2D eigenvalue weighted by Crippen LogP contribution is 2.14. The molecule has 15 heavy (non-hydrogen) atoms. The minimum Gasteiger partial charge on any atom is -0.477 e. The Morgan fingerprint density at radius 1 is 1.53 bits per heavy atom. The van der Waals surface area contributed by atoms with Crippen molar-refractivity contribution in [3.8, 4) is 0 Å². The molecule has 0 saturated carbocycles. The molecule has 0 fully saturated rings. The number of aromatic nitrogens is 2. The maximum absolute atomic E-state index is 11.4. The van der Waals surface area contributed by atoms with E-state index in [-0.39, 0.29) is 11.3 Å². The topological polar surface area (TPSA) is 75.1 Å². The Morgan fingerprint density at radius 3 is 2.87 bits per heavy atom. The molecule has 5 nitrogen and oxygen atoms in total. The summed E-state index contributed by atoms with van der Waals surface area (Å²) in [6.07, 6.45) is 7.24. The van der Waals surface area contributed by atoms with Crippen molar-refractivity contribution in [3.63, 3.8) is 0 Å². The third-order valence-electron chi connectivity index (χ3n) is 2.23. The summed E-state index contributed by atoms with van der Waals surface area (Å²) >= 11 is 0. The highest BCUT2D eigenvalue weighted by Gasteiger charge is 2.12. The molecule has 0 amide bonds. The number of hydrogen-bond donors (Lipinski definition) is 2. The molecule has 0 atom stereocenters. The van der Waals surface area contributed by atoms with Crippen LogP contribution in [0.1, 0.15) is 23.3 Å². The molecule has 0 aromatic carbocycles.